The molecule has 0 aliphatic carbocycles. The number of rotatable bonds is 10. The van der Waals surface area contributed by atoms with Crippen LogP contribution >= 0.6 is 35.0 Å². The Morgan fingerprint density at radius 2 is 1.55 bits per heavy atom. The van der Waals surface area contributed by atoms with E-state index in [1.165, 1.54) is 11.8 Å². The summed E-state index contributed by atoms with van der Waals surface area (Å²) >= 11 is 13.4. The summed E-state index contributed by atoms with van der Waals surface area (Å²) in [7, 11) is 0. The molecule has 0 fully saturated rings. The van der Waals surface area contributed by atoms with Crippen molar-refractivity contribution in [2.45, 2.75) is 38.6 Å². The molecule has 0 saturated heterocycles. The first-order valence-corrected chi connectivity index (χ1v) is 11.5. The third kappa shape index (κ3) is 7.92. The van der Waals surface area contributed by atoms with Gasteiger partial charge in [0.05, 0.1) is 5.75 Å². The molecule has 0 spiro atoms. The Hall–Kier alpha value is -1.69. The summed E-state index contributed by atoms with van der Waals surface area (Å²) in [5.41, 5.74) is 2.03. The highest BCUT2D eigenvalue weighted by atomic mass is 35.5. The lowest BCUT2D eigenvalue weighted by Gasteiger charge is -2.28. The van der Waals surface area contributed by atoms with Crippen molar-refractivity contribution in [1.29, 1.82) is 0 Å². The maximum Gasteiger partial charge on any atom is 0.242 e. The largest absolute Gasteiger partial charge is 0.354 e. The molecule has 0 radical (unpaired) electrons. The van der Waals surface area contributed by atoms with E-state index < -0.39 is 6.04 Å². The molecule has 156 valence electrons. The van der Waals surface area contributed by atoms with Gasteiger partial charge in [0.2, 0.25) is 11.8 Å². The summed E-state index contributed by atoms with van der Waals surface area (Å²) in [4.78, 5) is 27.1. The SMILES string of the molecule is CCCNC(=O)C(C)N(Cc1ccc(Cl)cc1)C(=O)CSCc1ccc(Cl)cc1. The molecule has 0 aliphatic rings. The average Bonchev–Trinajstić information content (AvgIpc) is 2.72. The molecule has 2 rings (SSSR count). The first kappa shape index (κ1) is 23.6. The maximum absolute atomic E-state index is 13.0. The van der Waals surface area contributed by atoms with Gasteiger partial charge in [-0.2, -0.15) is 0 Å². The van der Waals surface area contributed by atoms with Crippen LogP contribution in [0.2, 0.25) is 10.0 Å². The van der Waals surface area contributed by atoms with E-state index in [0.29, 0.717) is 34.6 Å². The molecular weight excluding hydrogens is 427 g/mol. The third-order valence-electron chi connectivity index (χ3n) is 4.39. The number of benzene rings is 2. The van der Waals surface area contributed by atoms with Gasteiger partial charge in [-0.05, 0) is 48.7 Å². The second kappa shape index (κ2) is 12.1. The van der Waals surface area contributed by atoms with Gasteiger partial charge in [-0.1, -0.05) is 54.4 Å². The van der Waals surface area contributed by atoms with Crippen molar-refractivity contribution in [3.8, 4) is 0 Å². The molecule has 2 aromatic carbocycles. The number of halogens is 2. The quantitative estimate of drug-likeness (QED) is 0.540. The minimum Gasteiger partial charge on any atom is -0.354 e. The standard InChI is InChI=1S/C22H26Cl2N2O2S/c1-3-12-25-22(28)16(2)26(13-17-4-8-19(23)9-5-17)21(27)15-29-14-18-6-10-20(24)11-7-18/h4-11,16H,3,12-15H2,1-2H3,(H,25,28). The van der Waals surface area contributed by atoms with Crippen LogP contribution < -0.4 is 5.32 Å². The van der Waals surface area contributed by atoms with Crippen molar-refractivity contribution in [2.24, 2.45) is 0 Å². The smallest absolute Gasteiger partial charge is 0.242 e. The molecule has 0 aliphatic heterocycles. The topological polar surface area (TPSA) is 49.4 Å². The number of amides is 2. The lowest BCUT2D eigenvalue weighted by Crippen LogP contribution is -2.48. The highest BCUT2D eigenvalue weighted by Crippen LogP contribution is 2.18. The second-order valence-corrected chi connectivity index (χ2v) is 8.59. The van der Waals surface area contributed by atoms with E-state index in [2.05, 4.69) is 5.32 Å². The van der Waals surface area contributed by atoms with Gasteiger partial charge in [-0.15, -0.1) is 11.8 Å². The molecule has 4 nitrogen and oxygen atoms in total. The maximum atomic E-state index is 13.0. The summed E-state index contributed by atoms with van der Waals surface area (Å²) in [6.45, 7) is 4.72. The molecule has 0 aromatic heterocycles. The van der Waals surface area contributed by atoms with Crippen LogP contribution in [0.4, 0.5) is 0 Å². The number of nitrogens with zero attached hydrogens (tertiary/aromatic N) is 1. The van der Waals surface area contributed by atoms with Crippen molar-refractivity contribution in [3.05, 3.63) is 69.7 Å². The van der Waals surface area contributed by atoms with Gasteiger partial charge in [-0.25, -0.2) is 0 Å². The van der Waals surface area contributed by atoms with Gasteiger partial charge in [0.25, 0.3) is 0 Å². The van der Waals surface area contributed by atoms with Gasteiger partial charge in [0.15, 0.2) is 0 Å². The predicted molar refractivity (Wildman–Crippen MR) is 122 cm³/mol. The third-order valence-corrected chi connectivity index (χ3v) is 5.88. The first-order chi connectivity index (χ1) is 13.9. The van der Waals surface area contributed by atoms with Crippen LogP contribution in [0.15, 0.2) is 48.5 Å². The number of hydrogen-bond acceptors (Lipinski definition) is 3. The average molecular weight is 453 g/mol. The Morgan fingerprint density at radius 1 is 1.00 bits per heavy atom. The summed E-state index contributed by atoms with van der Waals surface area (Å²) in [6, 6.07) is 14.4. The summed E-state index contributed by atoms with van der Waals surface area (Å²) in [5, 5.41) is 4.20. The summed E-state index contributed by atoms with van der Waals surface area (Å²) in [5.74, 6) is 0.783. The van der Waals surface area contributed by atoms with Gasteiger partial charge >= 0.3 is 0 Å². The van der Waals surface area contributed by atoms with E-state index in [0.717, 1.165) is 17.5 Å². The lowest BCUT2D eigenvalue weighted by atomic mass is 10.1. The van der Waals surface area contributed by atoms with Crippen LogP contribution in [0.25, 0.3) is 0 Å². The van der Waals surface area contributed by atoms with Gasteiger partial charge in [0, 0.05) is 28.9 Å². The number of carbonyl (C=O) groups is 2. The Morgan fingerprint density at radius 3 is 2.10 bits per heavy atom. The molecule has 2 aromatic rings. The van der Waals surface area contributed by atoms with Crippen molar-refractivity contribution in [1.82, 2.24) is 10.2 Å². The zero-order valence-electron chi connectivity index (χ0n) is 16.7. The van der Waals surface area contributed by atoms with E-state index in [4.69, 9.17) is 23.2 Å². The van der Waals surface area contributed by atoms with Crippen molar-refractivity contribution in [2.75, 3.05) is 12.3 Å². The highest BCUT2D eigenvalue weighted by molar-refractivity contribution is 7.99. The van der Waals surface area contributed by atoms with Gasteiger partial charge in [-0.3, -0.25) is 9.59 Å². The molecule has 7 heteroatoms. The van der Waals surface area contributed by atoms with Crippen molar-refractivity contribution in [3.63, 3.8) is 0 Å². The van der Waals surface area contributed by atoms with Gasteiger partial charge in [0.1, 0.15) is 6.04 Å². The van der Waals surface area contributed by atoms with Crippen molar-refractivity contribution < 1.29 is 9.59 Å². The minimum atomic E-state index is -0.555. The molecule has 0 bridgehead atoms. The Bertz CT molecular complexity index is 797. The monoisotopic (exact) mass is 452 g/mol. The summed E-state index contributed by atoms with van der Waals surface area (Å²) in [6.07, 6.45) is 0.848. The fourth-order valence-electron chi connectivity index (χ4n) is 2.68. The van der Waals surface area contributed by atoms with E-state index in [9.17, 15) is 9.59 Å². The lowest BCUT2D eigenvalue weighted by molar-refractivity contribution is -0.138. The van der Waals surface area contributed by atoms with E-state index >= 15 is 0 Å². The molecule has 1 N–H and O–H groups in total. The van der Waals surface area contributed by atoms with E-state index in [1.807, 2.05) is 43.3 Å². The molecule has 0 saturated carbocycles. The Balaban J connectivity index is 2.03. The molecule has 1 atom stereocenters. The normalized spacial score (nSPS) is 11.7. The fourth-order valence-corrected chi connectivity index (χ4v) is 3.81. The number of carbonyl (C=O) groups excluding carboxylic acids is 2. The zero-order valence-corrected chi connectivity index (χ0v) is 19.0. The second-order valence-electron chi connectivity index (χ2n) is 6.73. The minimum absolute atomic E-state index is 0.0712. The summed E-state index contributed by atoms with van der Waals surface area (Å²) < 4.78 is 0. The van der Waals surface area contributed by atoms with E-state index in [-0.39, 0.29) is 11.8 Å². The number of nitrogens with one attached hydrogen (secondary N) is 1. The molecule has 0 heterocycles. The Kier molecular flexibility index (Phi) is 9.85. The predicted octanol–water partition coefficient (Wildman–Crippen LogP) is 5.17. The molecular formula is C22H26Cl2N2O2S. The molecule has 1 unspecified atom stereocenters. The van der Waals surface area contributed by atoms with E-state index in [1.54, 1.807) is 24.0 Å². The van der Waals surface area contributed by atoms with Gasteiger partial charge < -0.3 is 10.2 Å². The number of hydrogen-bond donors (Lipinski definition) is 1. The van der Waals surface area contributed by atoms with Crippen LogP contribution in [-0.4, -0.2) is 35.1 Å². The number of thioether (sulfide) groups is 1. The van der Waals surface area contributed by atoms with Crippen LogP contribution in [-0.2, 0) is 21.9 Å². The molecule has 2 amide bonds. The first-order valence-electron chi connectivity index (χ1n) is 9.54. The zero-order chi connectivity index (χ0) is 21.2. The fraction of sp³-hybridized carbons (Fsp3) is 0.364. The Labute approximate surface area is 187 Å². The van der Waals surface area contributed by atoms with Crippen LogP contribution in [0, 0.1) is 0 Å². The van der Waals surface area contributed by atoms with Crippen LogP contribution in [0.3, 0.4) is 0 Å². The van der Waals surface area contributed by atoms with Crippen LogP contribution in [0.5, 0.6) is 0 Å². The van der Waals surface area contributed by atoms with Crippen LogP contribution in [0.1, 0.15) is 31.4 Å². The van der Waals surface area contributed by atoms with Crippen molar-refractivity contribution >= 4 is 46.8 Å². The molecule has 29 heavy (non-hydrogen) atoms. The highest BCUT2D eigenvalue weighted by Gasteiger charge is 2.25.